The summed E-state index contributed by atoms with van der Waals surface area (Å²) in [6.45, 7) is 1.23. The maximum atomic E-state index is 15.6. The number of carbonyl (C=O) groups is 2. The first-order valence-corrected chi connectivity index (χ1v) is 25.7. The first kappa shape index (κ1) is 54.8. The molecule has 2 aliphatic rings. The number of halogens is 11. The minimum absolute atomic E-state index is 0.0513. The Hall–Kier alpha value is -5.98. The predicted octanol–water partition coefficient (Wildman–Crippen LogP) is 7.88. The van der Waals surface area contributed by atoms with Crippen LogP contribution in [0, 0.1) is 29.4 Å². The molecule has 0 unspecified atom stereocenters. The van der Waals surface area contributed by atoms with Gasteiger partial charge in [-0.3, -0.25) is 14.2 Å². The molecule has 0 saturated heterocycles. The van der Waals surface area contributed by atoms with Crippen molar-refractivity contribution in [2.24, 2.45) is 5.92 Å². The molecule has 3 atom stereocenters. The molecule has 73 heavy (non-hydrogen) atoms. The van der Waals surface area contributed by atoms with E-state index in [0.29, 0.717) is 12.3 Å². The smallest absolute Gasteiger partial charge is 0.389 e. The molecule has 0 aliphatic heterocycles. The van der Waals surface area contributed by atoms with Gasteiger partial charge in [0.05, 0.1) is 46.1 Å². The maximum absolute atomic E-state index is 15.6. The van der Waals surface area contributed by atoms with Crippen molar-refractivity contribution in [1.29, 1.82) is 0 Å². The molecule has 3 heterocycles. The molecule has 0 spiro atoms. The summed E-state index contributed by atoms with van der Waals surface area (Å²) in [5, 5.41) is 19.1. The van der Waals surface area contributed by atoms with Crippen LogP contribution in [0.15, 0.2) is 42.5 Å². The molecule has 3 aromatic heterocycles. The van der Waals surface area contributed by atoms with Crippen LogP contribution in [0.5, 0.6) is 0 Å². The first-order valence-electron chi connectivity index (χ1n) is 21.6. The molecular formula is C45H43ClF10N8O7S2. The number of rotatable bonds is 13. The Kier molecular flexibility index (Phi) is 13.8. The van der Waals surface area contributed by atoms with E-state index in [4.69, 9.17) is 11.6 Å². The van der Waals surface area contributed by atoms with Gasteiger partial charge in [-0.1, -0.05) is 23.6 Å². The lowest BCUT2D eigenvalue weighted by atomic mass is 9.93. The molecule has 5 aromatic rings. The van der Waals surface area contributed by atoms with Crippen LogP contribution in [0.2, 0.25) is 5.02 Å². The summed E-state index contributed by atoms with van der Waals surface area (Å²) < 4.78 is 198. The van der Waals surface area contributed by atoms with E-state index in [2.05, 4.69) is 32.3 Å². The molecule has 7 rings (SSSR count). The van der Waals surface area contributed by atoms with Gasteiger partial charge in [-0.05, 0) is 88.3 Å². The van der Waals surface area contributed by atoms with Crippen molar-refractivity contribution in [2.45, 2.75) is 94.2 Å². The number of nitrogens with zero attached hydrogens (tertiary/aromatic N) is 7. The van der Waals surface area contributed by atoms with Gasteiger partial charge in [-0.2, -0.15) is 49.6 Å². The van der Waals surface area contributed by atoms with Crippen molar-refractivity contribution in [2.75, 3.05) is 30.4 Å². The second kappa shape index (κ2) is 18.4. The summed E-state index contributed by atoms with van der Waals surface area (Å²) in [7, 11) is -7.67. The lowest BCUT2D eigenvalue weighted by Gasteiger charge is -2.29. The van der Waals surface area contributed by atoms with Crippen molar-refractivity contribution in [3.05, 3.63) is 93.0 Å². The number of aromatic nitrogens is 5. The number of sulfone groups is 1. The van der Waals surface area contributed by atoms with Gasteiger partial charge >= 0.3 is 18.4 Å². The van der Waals surface area contributed by atoms with Gasteiger partial charge in [-0.25, -0.2) is 35.4 Å². The number of likely N-dealkylation sites (N-methyl/N-ethyl adjacent to an activating group) is 1. The molecule has 15 nitrogen and oxygen atoms in total. The van der Waals surface area contributed by atoms with Gasteiger partial charge in [0.2, 0.25) is 15.9 Å². The minimum Gasteiger partial charge on any atom is -0.389 e. The van der Waals surface area contributed by atoms with E-state index < -0.39 is 160 Å². The second-order valence-corrected chi connectivity index (χ2v) is 23.8. The fraction of sp³-hybridized carbons (Fsp3) is 0.444. The molecule has 2 aliphatic carbocycles. The zero-order valence-corrected chi connectivity index (χ0v) is 41.7. The monoisotopic (exact) mass is 1100 g/mol. The lowest BCUT2D eigenvalue weighted by molar-refractivity contribution is -0.143. The third-order valence-electron chi connectivity index (χ3n) is 12.0. The number of alkyl halides is 8. The number of benzene rings is 2. The minimum atomic E-state index is -5.23. The van der Waals surface area contributed by atoms with Gasteiger partial charge in [0, 0.05) is 42.0 Å². The molecule has 3 amide bonds. The number of amides is 3. The fourth-order valence-electron chi connectivity index (χ4n) is 8.59. The SMILES string of the molecule is CN(CC(C)(C)O)C(=O)N(c1nn(CC(F)(F)F)c2c(-c3ccc(C#CC(C)(C)S(C)(=O)=O)nc3[C@H](Cc3cc(F)cc(F)c3)NC(=O)Cn3nc(C(F)(F)F)c4c3C(F)(F)[C@@H]3C[C@H]43)ccc(Cl)c12)S(C)(=O)=O. The van der Waals surface area contributed by atoms with Crippen LogP contribution < -0.4 is 9.62 Å². The Morgan fingerprint density at radius 3 is 2.12 bits per heavy atom. The zero-order valence-electron chi connectivity index (χ0n) is 39.3. The number of hydrogen-bond acceptors (Lipinski definition) is 10. The largest absolute Gasteiger partial charge is 0.435 e. The quantitative estimate of drug-likeness (QED) is 0.0867. The van der Waals surface area contributed by atoms with Crippen LogP contribution in [0.4, 0.5) is 54.5 Å². The third-order valence-corrected chi connectivity index (χ3v) is 15.2. The van der Waals surface area contributed by atoms with Crippen molar-refractivity contribution in [3.8, 4) is 23.0 Å². The molecule has 1 saturated carbocycles. The van der Waals surface area contributed by atoms with Crippen LogP contribution in [-0.2, 0) is 56.3 Å². The molecule has 0 bridgehead atoms. The second-order valence-electron chi connectivity index (χ2n) is 19.0. The van der Waals surface area contributed by atoms with E-state index in [1.807, 2.05) is 0 Å². The molecule has 1 fully saturated rings. The number of nitrogens with one attached hydrogen (secondary N) is 1. The number of pyridine rings is 1. The summed E-state index contributed by atoms with van der Waals surface area (Å²) >= 11 is 6.66. The van der Waals surface area contributed by atoms with E-state index >= 15 is 8.78 Å². The van der Waals surface area contributed by atoms with Gasteiger partial charge < -0.3 is 15.3 Å². The number of hydrogen-bond donors (Lipinski definition) is 2. The average molecular weight is 1100 g/mol. The van der Waals surface area contributed by atoms with Gasteiger partial charge in [0.15, 0.2) is 21.3 Å². The third kappa shape index (κ3) is 11.3. The number of aliphatic hydroxyl groups is 1. The molecular weight excluding hydrogens is 1050 g/mol. The summed E-state index contributed by atoms with van der Waals surface area (Å²) in [5.74, 6) is -6.04. The number of sulfonamides is 1. The van der Waals surface area contributed by atoms with Crippen LogP contribution >= 0.6 is 11.6 Å². The fourth-order valence-corrected chi connectivity index (χ4v) is 9.93. The van der Waals surface area contributed by atoms with Crippen molar-refractivity contribution in [3.63, 3.8) is 0 Å². The van der Waals surface area contributed by atoms with Crippen molar-refractivity contribution in [1.82, 2.24) is 34.8 Å². The highest BCUT2D eigenvalue weighted by atomic mass is 35.5. The summed E-state index contributed by atoms with van der Waals surface area (Å²) in [4.78, 5) is 33.4. The number of fused-ring (bicyclic) bond motifs is 4. The van der Waals surface area contributed by atoms with Gasteiger partial charge in [0.25, 0.3) is 5.92 Å². The van der Waals surface area contributed by atoms with E-state index in [1.165, 1.54) is 27.7 Å². The topological polar surface area (TPSA) is 190 Å². The predicted molar refractivity (Wildman–Crippen MR) is 244 cm³/mol. The Balaban J connectivity index is 1.49. The molecule has 28 heteroatoms. The zero-order chi connectivity index (χ0) is 54.5. The normalized spacial score (nSPS) is 17.1. The van der Waals surface area contributed by atoms with Gasteiger partial charge in [-0.15, -0.1) is 0 Å². The number of anilines is 1. The Bertz CT molecular complexity index is 3360. The summed E-state index contributed by atoms with van der Waals surface area (Å²) in [6.07, 6.45) is -9.94. The number of carbonyl (C=O) groups excluding carboxylic acids is 2. The highest BCUT2D eigenvalue weighted by molar-refractivity contribution is 7.93. The maximum Gasteiger partial charge on any atom is 0.435 e. The van der Waals surface area contributed by atoms with Crippen LogP contribution in [-0.4, -0.2) is 106 Å². The highest BCUT2D eigenvalue weighted by Crippen LogP contribution is 2.68. The van der Waals surface area contributed by atoms with E-state index in [-0.39, 0.29) is 42.5 Å². The summed E-state index contributed by atoms with van der Waals surface area (Å²) in [5.41, 5.74) is -7.55. The van der Waals surface area contributed by atoms with Gasteiger partial charge in [0.1, 0.15) is 40.9 Å². The van der Waals surface area contributed by atoms with Crippen molar-refractivity contribution >= 4 is 60.1 Å². The van der Waals surface area contributed by atoms with Crippen LogP contribution in [0.25, 0.3) is 22.0 Å². The van der Waals surface area contributed by atoms with E-state index in [9.17, 15) is 66.7 Å². The first-order chi connectivity index (χ1) is 33.3. The number of urea groups is 1. The standard InChI is InChI=1S/C45H43ClF10N8O7S2/c1-41(2,67)20-61(5)40(66)64(73(7,70)71)39-34-30(46)11-10-27(36(34)63(60-39)21-43(49,50)51)26-9-8-25(12-13-42(3,4)72(6,68)69)57-35(26)31(16-22-14-23(47)17-24(48)15-22)58-32(65)19-62-38-33(37(59-62)45(54,55)56)28-18-29(28)44(38,52)53/h8-11,14-15,17,28-29,31,67H,16,18-21H2,1-7H3,(H,58,65)/t28-,29+,31-/m0/s1. The molecule has 0 radical (unpaired) electrons. The molecule has 394 valence electrons. The average Bonchev–Trinajstić information content (AvgIpc) is 3.73. The van der Waals surface area contributed by atoms with Crippen LogP contribution in [0.1, 0.15) is 80.0 Å². The van der Waals surface area contributed by atoms with Crippen LogP contribution in [0.3, 0.4) is 0 Å². The molecule has 2 aromatic carbocycles. The lowest BCUT2D eigenvalue weighted by Crippen LogP contribution is -2.49. The van der Waals surface area contributed by atoms with Crippen molar-refractivity contribution < 1.29 is 75.4 Å². The van der Waals surface area contributed by atoms with E-state index in [0.717, 1.165) is 54.6 Å². The highest BCUT2D eigenvalue weighted by Gasteiger charge is 2.68. The summed E-state index contributed by atoms with van der Waals surface area (Å²) in [6, 6.07) is 3.36. The Morgan fingerprint density at radius 2 is 1.56 bits per heavy atom. The Morgan fingerprint density at radius 1 is 0.945 bits per heavy atom. The Labute approximate surface area is 415 Å². The molecule has 2 N–H and O–H groups in total. The van der Waals surface area contributed by atoms with E-state index in [1.54, 1.807) is 0 Å².